The van der Waals surface area contributed by atoms with Crippen LogP contribution in [0.1, 0.15) is 40.5 Å². The number of β-amino-alcohol motifs (C(OH)–C–C–N with tert-alkyl or cyclic N) is 1. The number of carbonyl (C=O) groups is 1. The number of aliphatic hydroxyl groups is 1. The van der Waals surface area contributed by atoms with Crippen molar-refractivity contribution in [2.24, 2.45) is 11.3 Å². The number of rotatable bonds is 4. The molecule has 0 aliphatic carbocycles. The molecule has 2 N–H and O–H groups in total. The lowest BCUT2D eigenvalue weighted by molar-refractivity contribution is -0.134. The second-order valence-corrected chi connectivity index (χ2v) is 6.87. The normalized spacial score (nSPS) is 26.1. The van der Waals surface area contributed by atoms with E-state index in [0.29, 0.717) is 25.4 Å². The zero-order chi connectivity index (χ0) is 13.9. The van der Waals surface area contributed by atoms with E-state index >= 15 is 0 Å². The van der Waals surface area contributed by atoms with Crippen LogP contribution in [-0.2, 0) is 4.79 Å². The fourth-order valence-corrected chi connectivity index (χ4v) is 2.79. The van der Waals surface area contributed by atoms with Gasteiger partial charge >= 0.3 is 0 Å². The highest BCUT2D eigenvalue weighted by Gasteiger charge is 2.31. The predicted molar refractivity (Wildman–Crippen MR) is 73.3 cm³/mol. The Labute approximate surface area is 111 Å². The lowest BCUT2D eigenvalue weighted by Crippen LogP contribution is -2.44. The molecule has 0 aromatic heterocycles. The van der Waals surface area contributed by atoms with E-state index in [-0.39, 0.29) is 17.4 Å². The summed E-state index contributed by atoms with van der Waals surface area (Å²) in [6, 6.07) is -0.0701. The van der Waals surface area contributed by atoms with Crippen molar-refractivity contribution in [2.45, 2.75) is 52.7 Å². The summed E-state index contributed by atoms with van der Waals surface area (Å²) in [6.07, 6.45) is 1.17. The number of hydrogen-bond acceptors (Lipinski definition) is 3. The van der Waals surface area contributed by atoms with Crippen molar-refractivity contribution < 1.29 is 9.90 Å². The molecule has 1 fully saturated rings. The number of amides is 1. The average Bonchev–Trinajstić information content (AvgIpc) is 2.60. The number of hydrogen-bond donors (Lipinski definition) is 2. The van der Waals surface area contributed by atoms with Crippen LogP contribution in [0.25, 0.3) is 0 Å². The molecule has 0 saturated carbocycles. The molecule has 1 rings (SSSR count). The Morgan fingerprint density at radius 1 is 1.44 bits per heavy atom. The van der Waals surface area contributed by atoms with E-state index in [1.165, 1.54) is 0 Å². The Morgan fingerprint density at radius 3 is 2.50 bits per heavy atom. The summed E-state index contributed by atoms with van der Waals surface area (Å²) < 4.78 is 0. The molecular formula is C14H28N2O2. The molecule has 1 unspecified atom stereocenters. The molecule has 1 heterocycles. The molecule has 1 aliphatic heterocycles. The molecule has 0 spiro atoms. The van der Waals surface area contributed by atoms with Crippen LogP contribution in [0.5, 0.6) is 0 Å². The highest BCUT2D eigenvalue weighted by atomic mass is 16.3. The molecule has 1 amide bonds. The van der Waals surface area contributed by atoms with Crippen LogP contribution >= 0.6 is 0 Å². The van der Waals surface area contributed by atoms with Crippen LogP contribution in [0, 0.1) is 11.3 Å². The number of likely N-dealkylation sites (N-methyl/N-ethyl adjacent to an activating group) is 1. The van der Waals surface area contributed by atoms with Gasteiger partial charge in [-0.3, -0.25) is 4.79 Å². The first-order valence-corrected chi connectivity index (χ1v) is 6.85. The zero-order valence-electron chi connectivity index (χ0n) is 12.4. The number of nitrogens with one attached hydrogen (secondary N) is 1. The van der Waals surface area contributed by atoms with E-state index in [1.807, 2.05) is 0 Å². The van der Waals surface area contributed by atoms with E-state index < -0.39 is 6.10 Å². The van der Waals surface area contributed by atoms with Gasteiger partial charge in [0.1, 0.15) is 0 Å². The van der Waals surface area contributed by atoms with Gasteiger partial charge in [-0.05, 0) is 17.8 Å². The summed E-state index contributed by atoms with van der Waals surface area (Å²) in [6.45, 7) is 9.99. The van der Waals surface area contributed by atoms with Gasteiger partial charge in [0.15, 0.2) is 0 Å². The first kappa shape index (κ1) is 15.4. The van der Waals surface area contributed by atoms with E-state index in [9.17, 15) is 9.90 Å². The average molecular weight is 256 g/mol. The Kier molecular flexibility index (Phi) is 5.17. The maximum atomic E-state index is 12.2. The molecule has 0 aromatic carbocycles. The Morgan fingerprint density at radius 2 is 2.06 bits per heavy atom. The highest BCUT2D eigenvalue weighted by Crippen LogP contribution is 2.26. The van der Waals surface area contributed by atoms with Crippen LogP contribution < -0.4 is 5.32 Å². The maximum Gasteiger partial charge on any atom is 0.222 e. The number of nitrogens with zero attached hydrogens (tertiary/aromatic N) is 1. The van der Waals surface area contributed by atoms with Gasteiger partial charge in [0, 0.05) is 26.6 Å². The smallest absolute Gasteiger partial charge is 0.222 e. The zero-order valence-corrected chi connectivity index (χ0v) is 12.4. The summed E-state index contributed by atoms with van der Waals surface area (Å²) in [4.78, 5) is 13.9. The summed E-state index contributed by atoms with van der Waals surface area (Å²) in [5, 5.41) is 12.9. The largest absolute Gasteiger partial charge is 0.390 e. The third-order valence-electron chi connectivity index (χ3n) is 3.53. The van der Waals surface area contributed by atoms with Crippen molar-refractivity contribution in [2.75, 3.05) is 20.1 Å². The fraction of sp³-hybridized carbons (Fsp3) is 0.929. The Balaban J connectivity index is 2.44. The molecule has 4 heteroatoms. The minimum Gasteiger partial charge on any atom is -0.390 e. The number of carbonyl (C=O) groups excluding carboxylic acids is 1. The lowest BCUT2D eigenvalue weighted by atomic mass is 9.84. The monoisotopic (exact) mass is 256 g/mol. The first-order valence-electron chi connectivity index (χ1n) is 6.85. The van der Waals surface area contributed by atoms with Gasteiger partial charge in [0.2, 0.25) is 5.91 Å². The van der Waals surface area contributed by atoms with E-state index in [1.54, 1.807) is 11.9 Å². The molecule has 0 radical (unpaired) electrons. The molecule has 0 aromatic rings. The second-order valence-electron chi connectivity index (χ2n) is 6.87. The van der Waals surface area contributed by atoms with Crippen molar-refractivity contribution in [3.63, 3.8) is 0 Å². The molecule has 18 heavy (non-hydrogen) atoms. The van der Waals surface area contributed by atoms with Crippen molar-refractivity contribution in [3.8, 4) is 0 Å². The summed E-state index contributed by atoms with van der Waals surface area (Å²) in [5.41, 5.74) is 0.257. The van der Waals surface area contributed by atoms with Gasteiger partial charge in [-0.25, -0.2) is 0 Å². The maximum absolute atomic E-state index is 12.2. The fourth-order valence-electron chi connectivity index (χ4n) is 2.79. The number of aliphatic hydroxyl groups excluding tert-OH is 1. The standard InChI is InChI=1S/C14H28N2O2/c1-10(7-14(2,3)4)6-13(18)16(5)11-8-15-9-12(11)17/h10-12,15,17H,6-9H2,1-5H3/t10?,11-,12-/m0/s1. The van der Waals surface area contributed by atoms with Crippen molar-refractivity contribution >= 4 is 5.91 Å². The van der Waals surface area contributed by atoms with Gasteiger partial charge in [-0.1, -0.05) is 27.7 Å². The van der Waals surface area contributed by atoms with Crippen LogP contribution in [0.3, 0.4) is 0 Å². The lowest BCUT2D eigenvalue weighted by Gasteiger charge is -2.29. The molecule has 3 atom stereocenters. The molecule has 1 saturated heterocycles. The van der Waals surface area contributed by atoms with E-state index in [4.69, 9.17) is 0 Å². The van der Waals surface area contributed by atoms with Gasteiger partial charge in [0.25, 0.3) is 0 Å². The second kappa shape index (κ2) is 6.02. The van der Waals surface area contributed by atoms with Crippen LogP contribution in [0.15, 0.2) is 0 Å². The van der Waals surface area contributed by atoms with Gasteiger partial charge < -0.3 is 15.3 Å². The van der Waals surface area contributed by atoms with E-state index in [2.05, 4.69) is 33.0 Å². The SMILES string of the molecule is CC(CC(=O)N(C)[C@H]1CNC[C@@H]1O)CC(C)(C)C. The van der Waals surface area contributed by atoms with Crippen molar-refractivity contribution in [1.29, 1.82) is 0 Å². The highest BCUT2D eigenvalue weighted by molar-refractivity contribution is 5.76. The van der Waals surface area contributed by atoms with Crippen LogP contribution in [0.2, 0.25) is 0 Å². The van der Waals surface area contributed by atoms with Crippen molar-refractivity contribution in [3.05, 3.63) is 0 Å². The van der Waals surface area contributed by atoms with Gasteiger partial charge in [-0.15, -0.1) is 0 Å². The first-order chi connectivity index (χ1) is 8.20. The van der Waals surface area contributed by atoms with Crippen LogP contribution in [0.4, 0.5) is 0 Å². The molecular weight excluding hydrogens is 228 g/mol. The Hall–Kier alpha value is -0.610. The molecule has 4 nitrogen and oxygen atoms in total. The quantitative estimate of drug-likeness (QED) is 0.796. The van der Waals surface area contributed by atoms with Crippen molar-refractivity contribution in [1.82, 2.24) is 10.2 Å². The molecule has 1 aliphatic rings. The summed E-state index contributed by atoms with van der Waals surface area (Å²) in [5.74, 6) is 0.519. The minimum atomic E-state index is -0.433. The summed E-state index contributed by atoms with van der Waals surface area (Å²) >= 11 is 0. The predicted octanol–water partition coefficient (Wildman–Crippen LogP) is 1.24. The topological polar surface area (TPSA) is 52.6 Å². The third-order valence-corrected chi connectivity index (χ3v) is 3.53. The van der Waals surface area contributed by atoms with Crippen LogP contribution in [-0.4, -0.2) is 48.2 Å². The summed E-state index contributed by atoms with van der Waals surface area (Å²) in [7, 11) is 1.80. The third kappa shape index (κ3) is 4.58. The van der Waals surface area contributed by atoms with E-state index in [0.717, 1.165) is 6.42 Å². The van der Waals surface area contributed by atoms with Gasteiger partial charge in [-0.2, -0.15) is 0 Å². The minimum absolute atomic E-state index is 0.0701. The Bertz CT molecular complexity index is 286. The molecule has 0 bridgehead atoms. The molecule has 106 valence electrons. The van der Waals surface area contributed by atoms with Gasteiger partial charge in [0.05, 0.1) is 12.1 Å².